The molecule has 2 rings (SSSR count). The third-order valence-corrected chi connectivity index (χ3v) is 3.22. The van der Waals surface area contributed by atoms with E-state index in [1.54, 1.807) is 30.5 Å². The SMILES string of the molecule is CC(=O)c1ccc(NC(=O)N/C=C/c2ccccc2C)cc1. The van der Waals surface area contributed by atoms with Crippen molar-refractivity contribution in [3.8, 4) is 0 Å². The van der Waals surface area contributed by atoms with Gasteiger partial charge in [-0.05, 0) is 55.3 Å². The highest BCUT2D eigenvalue weighted by Crippen LogP contribution is 2.10. The van der Waals surface area contributed by atoms with Gasteiger partial charge in [-0.2, -0.15) is 0 Å². The normalized spacial score (nSPS) is 10.5. The van der Waals surface area contributed by atoms with Crippen LogP contribution >= 0.6 is 0 Å². The van der Waals surface area contributed by atoms with Crippen molar-refractivity contribution < 1.29 is 9.59 Å². The summed E-state index contributed by atoms with van der Waals surface area (Å²) in [7, 11) is 0. The maximum absolute atomic E-state index is 11.8. The first-order valence-electron chi connectivity index (χ1n) is 6.97. The van der Waals surface area contributed by atoms with Gasteiger partial charge in [-0.15, -0.1) is 0 Å². The molecule has 2 N–H and O–H groups in total. The summed E-state index contributed by atoms with van der Waals surface area (Å²) in [6.07, 6.45) is 3.44. The number of ketones is 1. The molecule has 0 bridgehead atoms. The summed E-state index contributed by atoms with van der Waals surface area (Å²) in [6, 6.07) is 14.3. The van der Waals surface area contributed by atoms with Crippen LogP contribution in [0.3, 0.4) is 0 Å². The molecule has 0 spiro atoms. The van der Waals surface area contributed by atoms with Gasteiger partial charge in [-0.25, -0.2) is 4.79 Å². The maximum Gasteiger partial charge on any atom is 0.323 e. The second-order valence-electron chi connectivity index (χ2n) is 4.92. The fraction of sp³-hybridized carbons (Fsp3) is 0.111. The molecule has 0 saturated heterocycles. The third kappa shape index (κ3) is 4.31. The predicted molar refractivity (Wildman–Crippen MR) is 88.8 cm³/mol. The molecule has 0 atom stereocenters. The Morgan fingerprint density at radius 2 is 1.68 bits per heavy atom. The first-order valence-corrected chi connectivity index (χ1v) is 6.97. The molecule has 2 aromatic carbocycles. The molecule has 22 heavy (non-hydrogen) atoms. The number of anilines is 1. The Labute approximate surface area is 129 Å². The number of amides is 2. The highest BCUT2D eigenvalue weighted by molar-refractivity contribution is 5.95. The molecule has 0 fully saturated rings. The van der Waals surface area contributed by atoms with E-state index in [-0.39, 0.29) is 11.8 Å². The fourth-order valence-corrected chi connectivity index (χ4v) is 1.94. The van der Waals surface area contributed by atoms with E-state index in [0.29, 0.717) is 11.3 Å². The van der Waals surface area contributed by atoms with Crippen molar-refractivity contribution in [3.05, 3.63) is 71.4 Å². The van der Waals surface area contributed by atoms with E-state index in [4.69, 9.17) is 0 Å². The molecule has 0 aliphatic heterocycles. The molecule has 112 valence electrons. The van der Waals surface area contributed by atoms with Crippen LogP contribution in [-0.4, -0.2) is 11.8 Å². The molecule has 4 heteroatoms. The van der Waals surface area contributed by atoms with Gasteiger partial charge in [0.15, 0.2) is 5.78 Å². The fourth-order valence-electron chi connectivity index (χ4n) is 1.94. The smallest absolute Gasteiger partial charge is 0.314 e. The highest BCUT2D eigenvalue weighted by Gasteiger charge is 2.01. The zero-order chi connectivity index (χ0) is 15.9. The van der Waals surface area contributed by atoms with Crippen LogP contribution in [0.1, 0.15) is 28.4 Å². The standard InChI is InChI=1S/C18H18N2O2/c1-13-5-3-4-6-15(13)11-12-19-18(22)20-17-9-7-16(8-10-17)14(2)21/h3-12H,1-2H3,(H2,19,20,22)/b12-11+. The van der Waals surface area contributed by atoms with Gasteiger partial charge in [0.25, 0.3) is 0 Å². The van der Waals surface area contributed by atoms with E-state index in [2.05, 4.69) is 10.6 Å². The minimum atomic E-state index is -0.333. The number of urea groups is 1. The molecule has 2 amide bonds. The van der Waals surface area contributed by atoms with E-state index in [1.807, 2.05) is 37.3 Å². The Morgan fingerprint density at radius 1 is 1.00 bits per heavy atom. The van der Waals surface area contributed by atoms with E-state index >= 15 is 0 Å². The second-order valence-corrected chi connectivity index (χ2v) is 4.92. The van der Waals surface area contributed by atoms with E-state index in [0.717, 1.165) is 11.1 Å². The van der Waals surface area contributed by atoms with E-state index in [9.17, 15) is 9.59 Å². The third-order valence-electron chi connectivity index (χ3n) is 3.22. The first-order chi connectivity index (χ1) is 10.6. The number of hydrogen-bond donors (Lipinski definition) is 2. The lowest BCUT2D eigenvalue weighted by atomic mass is 10.1. The number of rotatable bonds is 4. The first kappa shape index (κ1) is 15.5. The van der Waals surface area contributed by atoms with Crippen molar-refractivity contribution >= 4 is 23.6 Å². The van der Waals surface area contributed by atoms with Crippen molar-refractivity contribution in [1.29, 1.82) is 0 Å². The van der Waals surface area contributed by atoms with Gasteiger partial charge < -0.3 is 10.6 Å². The van der Waals surface area contributed by atoms with Gasteiger partial charge in [-0.1, -0.05) is 24.3 Å². The molecule has 4 nitrogen and oxygen atoms in total. The Morgan fingerprint density at radius 3 is 2.32 bits per heavy atom. The molecule has 0 heterocycles. The molecule has 0 saturated carbocycles. The quantitative estimate of drug-likeness (QED) is 0.838. The Bertz CT molecular complexity index is 703. The highest BCUT2D eigenvalue weighted by atomic mass is 16.2. The molecule has 2 aromatic rings. The minimum absolute atomic E-state index is 0.00262. The molecular formula is C18H18N2O2. The predicted octanol–water partition coefficient (Wildman–Crippen LogP) is 3.99. The lowest BCUT2D eigenvalue weighted by Crippen LogP contribution is -2.23. The maximum atomic E-state index is 11.8. The molecular weight excluding hydrogens is 276 g/mol. The minimum Gasteiger partial charge on any atom is -0.314 e. The molecule has 0 radical (unpaired) electrons. The zero-order valence-electron chi connectivity index (χ0n) is 12.6. The summed E-state index contributed by atoms with van der Waals surface area (Å²) in [5.41, 5.74) is 3.44. The summed E-state index contributed by atoms with van der Waals surface area (Å²) in [5, 5.41) is 5.34. The van der Waals surface area contributed by atoms with Gasteiger partial charge in [0.05, 0.1) is 0 Å². The summed E-state index contributed by atoms with van der Waals surface area (Å²) in [6.45, 7) is 3.52. The summed E-state index contributed by atoms with van der Waals surface area (Å²) >= 11 is 0. The van der Waals surface area contributed by atoms with Crippen molar-refractivity contribution in [2.75, 3.05) is 5.32 Å². The number of aryl methyl sites for hydroxylation is 1. The topological polar surface area (TPSA) is 58.2 Å². The zero-order valence-corrected chi connectivity index (χ0v) is 12.6. The van der Waals surface area contributed by atoms with Crippen molar-refractivity contribution in [2.24, 2.45) is 0 Å². The van der Waals surface area contributed by atoms with Crippen LogP contribution in [0.25, 0.3) is 6.08 Å². The van der Waals surface area contributed by atoms with Crippen LogP contribution in [0.5, 0.6) is 0 Å². The second kappa shape index (κ2) is 7.22. The van der Waals surface area contributed by atoms with Crippen molar-refractivity contribution in [1.82, 2.24) is 5.32 Å². The van der Waals surface area contributed by atoms with Crippen molar-refractivity contribution in [3.63, 3.8) is 0 Å². The van der Waals surface area contributed by atoms with Gasteiger partial charge in [-0.3, -0.25) is 4.79 Å². The number of Topliss-reactive ketones (excluding diaryl/α,β-unsaturated/α-hetero) is 1. The van der Waals surface area contributed by atoms with Crippen molar-refractivity contribution in [2.45, 2.75) is 13.8 Å². The van der Waals surface area contributed by atoms with Crippen LogP contribution in [-0.2, 0) is 0 Å². The van der Waals surface area contributed by atoms with Crippen LogP contribution in [0.15, 0.2) is 54.7 Å². The van der Waals surface area contributed by atoms with Gasteiger partial charge >= 0.3 is 6.03 Å². The average molecular weight is 294 g/mol. The molecule has 0 aliphatic carbocycles. The average Bonchev–Trinajstić information content (AvgIpc) is 2.50. The van der Waals surface area contributed by atoms with Crippen LogP contribution in [0.2, 0.25) is 0 Å². The monoisotopic (exact) mass is 294 g/mol. The number of nitrogens with one attached hydrogen (secondary N) is 2. The lowest BCUT2D eigenvalue weighted by Gasteiger charge is -2.05. The summed E-state index contributed by atoms with van der Waals surface area (Å²) < 4.78 is 0. The lowest BCUT2D eigenvalue weighted by molar-refractivity contribution is 0.101. The van der Waals surface area contributed by atoms with E-state index in [1.165, 1.54) is 6.92 Å². The van der Waals surface area contributed by atoms with Crippen LogP contribution in [0.4, 0.5) is 10.5 Å². The van der Waals surface area contributed by atoms with Gasteiger partial charge in [0.2, 0.25) is 0 Å². The van der Waals surface area contributed by atoms with Gasteiger partial charge in [0, 0.05) is 17.5 Å². The summed E-state index contributed by atoms with van der Waals surface area (Å²) in [5.74, 6) is -0.00262. The number of carbonyl (C=O) groups excluding carboxylic acids is 2. The molecule has 0 unspecified atom stereocenters. The number of benzene rings is 2. The Kier molecular flexibility index (Phi) is 5.09. The largest absolute Gasteiger partial charge is 0.323 e. The Hall–Kier alpha value is -2.88. The molecule has 0 aliphatic rings. The molecule has 0 aromatic heterocycles. The van der Waals surface area contributed by atoms with E-state index < -0.39 is 0 Å². The van der Waals surface area contributed by atoms with Crippen LogP contribution in [0, 0.1) is 6.92 Å². The van der Waals surface area contributed by atoms with Crippen LogP contribution < -0.4 is 10.6 Å². The Balaban J connectivity index is 1.90. The number of carbonyl (C=O) groups is 2. The van der Waals surface area contributed by atoms with Gasteiger partial charge in [0.1, 0.15) is 0 Å². The number of hydrogen-bond acceptors (Lipinski definition) is 2. The summed E-state index contributed by atoms with van der Waals surface area (Å²) in [4.78, 5) is 22.9.